The Labute approximate surface area is 239 Å². The number of anilines is 5. The highest BCUT2D eigenvalue weighted by Crippen LogP contribution is 2.40. The molecule has 2 N–H and O–H groups in total. The molecule has 4 heterocycles. The zero-order valence-electron chi connectivity index (χ0n) is 23.5. The molecule has 0 unspecified atom stereocenters. The molecular weight excluding hydrogens is 537 g/mol. The van der Waals surface area contributed by atoms with Gasteiger partial charge in [-0.05, 0) is 37.6 Å². The third kappa shape index (κ3) is 5.64. The van der Waals surface area contributed by atoms with Crippen LogP contribution in [0.5, 0.6) is 5.75 Å². The smallest absolute Gasteiger partial charge is 0.229 e. The van der Waals surface area contributed by atoms with Crippen LogP contribution in [0, 0.1) is 0 Å². The van der Waals surface area contributed by atoms with Crippen LogP contribution in [0.3, 0.4) is 0 Å². The van der Waals surface area contributed by atoms with Crippen molar-refractivity contribution in [1.82, 2.24) is 29.7 Å². The number of aryl methyl sites for hydroxylation is 1. The molecule has 0 bridgehead atoms. The number of aromatic nitrogens is 6. The van der Waals surface area contributed by atoms with E-state index >= 15 is 0 Å². The van der Waals surface area contributed by atoms with E-state index in [-0.39, 0.29) is 0 Å². The number of hydrogen-bond acceptors (Lipinski definition) is 10. The molecule has 210 valence electrons. The summed E-state index contributed by atoms with van der Waals surface area (Å²) in [7, 11) is 3.13. The Kier molecular flexibility index (Phi) is 7.63. The number of fused-ring (bicyclic) bond motifs is 1. The van der Waals surface area contributed by atoms with Crippen molar-refractivity contribution in [2.45, 2.75) is 0 Å². The van der Waals surface area contributed by atoms with E-state index in [1.165, 1.54) is 0 Å². The molecule has 1 fully saturated rings. The van der Waals surface area contributed by atoms with E-state index in [1.807, 2.05) is 37.6 Å². The molecule has 41 heavy (non-hydrogen) atoms. The molecule has 6 rings (SSSR count). The largest absolute Gasteiger partial charge is 0.494 e. The highest BCUT2D eigenvalue weighted by Gasteiger charge is 2.21. The van der Waals surface area contributed by atoms with Gasteiger partial charge in [0.2, 0.25) is 5.95 Å². The average molecular weight is 570 g/mol. The molecule has 0 spiro atoms. The van der Waals surface area contributed by atoms with E-state index in [0.717, 1.165) is 57.6 Å². The van der Waals surface area contributed by atoms with Gasteiger partial charge in [0.1, 0.15) is 11.6 Å². The second kappa shape index (κ2) is 11.6. The van der Waals surface area contributed by atoms with Gasteiger partial charge >= 0.3 is 0 Å². The van der Waals surface area contributed by atoms with Crippen LogP contribution in [0.25, 0.3) is 22.2 Å². The van der Waals surface area contributed by atoms with Crippen LogP contribution in [-0.4, -0.2) is 76.5 Å². The summed E-state index contributed by atoms with van der Waals surface area (Å²) >= 11 is 0. The first-order valence-electron chi connectivity index (χ1n) is 13.3. The Morgan fingerprint density at radius 2 is 1.78 bits per heavy atom. The molecule has 0 saturated carbocycles. The minimum Gasteiger partial charge on any atom is -0.494 e. The predicted octanol–water partition coefficient (Wildman–Crippen LogP) is 4.52. The van der Waals surface area contributed by atoms with Gasteiger partial charge in [0.25, 0.3) is 0 Å². The lowest BCUT2D eigenvalue weighted by atomic mass is 10.0. The standard InChI is InChI=1S/C29H32N9O2P/c1-37-18-19(17-33-37)20-15-23(25(39-2)16-24(20)38-11-13-40-14-12-38)35-29-32-8-7-26(36-29)34-22-6-5-21-27(28(22)41(3)4)31-10-9-30-21/h5-10,15-18H,11-14H2,1-4H3,(H2,32,34,35,36). The summed E-state index contributed by atoms with van der Waals surface area (Å²) in [5.41, 5.74) is 6.64. The van der Waals surface area contributed by atoms with Gasteiger partial charge < -0.3 is 25.0 Å². The summed E-state index contributed by atoms with van der Waals surface area (Å²) < 4.78 is 13.2. The summed E-state index contributed by atoms with van der Waals surface area (Å²) in [4.78, 5) is 20.7. The number of nitrogens with zero attached hydrogens (tertiary/aromatic N) is 7. The third-order valence-electron chi connectivity index (χ3n) is 6.91. The molecule has 2 aromatic carbocycles. The quantitative estimate of drug-likeness (QED) is 0.259. The zero-order chi connectivity index (χ0) is 28.3. The second-order valence-electron chi connectivity index (χ2n) is 9.87. The lowest BCUT2D eigenvalue weighted by molar-refractivity contribution is 0.122. The van der Waals surface area contributed by atoms with Gasteiger partial charge in [0.15, 0.2) is 0 Å². The molecule has 0 radical (unpaired) electrons. The van der Waals surface area contributed by atoms with Crippen molar-refractivity contribution in [1.29, 1.82) is 0 Å². The number of rotatable bonds is 8. The van der Waals surface area contributed by atoms with Gasteiger partial charge in [-0.2, -0.15) is 10.1 Å². The molecule has 1 aliphatic rings. The Hall–Kier alpha value is -4.34. The SMILES string of the molecule is COc1cc(N2CCOCC2)c(-c2cnn(C)c2)cc1Nc1nccc(Nc2ccc3nccnc3c2P(C)C)n1. The normalized spacial score (nSPS) is 13.5. The predicted molar refractivity (Wildman–Crippen MR) is 165 cm³/mol. The van der Waals surface area contributed by atoms with E-state index in [0.29, 0.717) is 30.7 Å². The Bertz CT molecular complexity index is 1680. The molecule has 1 aliphatic heterocycles. The van der Waals surface area contributed by atoms with Crippen LogP contribution in [0.1, 0.15) is 0 Å². The van der Waals surface area contributed by atoms with Gasteiger partial charge in [-0.15, -0.1) is 0 Å². The van der Waals surface area contributed by atoms with Crippen LogP contribution in [0.2, 0.25) is 0 Å². The van der Waals surface area contributed by atoms with Gasteiger partial charge in [-0.3, -0.25) is 14.6 Å². The number of ether oxygens (including phenoxy) is 2. The average Bonchev–Trinajstić information content (AvgIpc) is 3.43. The lowest BCUT2D eigenvalue weighted by Gasteiger charge is -2.31. The Morgan fingerprint density at radius 3 is 2.54 bits per heavy atom. The molecule has 0 aliphatic carbocycles. The Morgan fingerprint density at radius 1 is 0.951 bits per heavy atom. The van der Waals surface area contributed by atoms with E-state index in [2.05, 4.69) is 61.0 Å². The third-order valence-corrected chi connectivity index (χ3v) is 8.26. The van der Waals surface area contributed by atoms with E-state index < -0.39 is 7.92 Å². The second-order valence-corrected chi connectivity index (χ2v) is 12.1. The number of hydrogen-bond donors (Lipinski definition) is 2. The summed E-state index contributed by atoms with van der Waals surface area (Å²) in [5.74, 6) is 1.81. The topological polar surface area (TPSA) is 115 Å². The highest BCUT2D eigenvalue weighted by atomic mass is 31.1. The van der Waals surface area contributed by atoms with Crippen LogP contribution in [0.4, 0.5) is 28.8 Å². The number of morpholine rings is 1. The van der Waals surface area contributed by atoms with Crippen molar-refractivity contribution in [3.05, 3.63) is 61.3 Å². The zero-order valence-corrected chi connectivity index (χ0v) is 24.4. The fourth-order valence-electron chi connectivity index (χ4n) is 5.02. The number of nitrogens with one attached hydrogen (secondary N) is 2. The van der Waals surface area contributed by atoms with Crippen LogP contribution >= 0.6 is 7.92 Å². The van der Waals surface area contributed by atoms with Gasteiger partial charge in [-0.1, -0.05) is 7.92 Å². The van der Waals surface area contributed by atoms with E-state index in [1.54, 1.807) is 30.4 Å². The first kappa shape index (κ1) is 26.9. The molecular formula is C29H32N9O2P. The highest BCUT2D eigenvalue weighted by molar-refractivity contribution is 7.65. The molecule has 0 atom stereocenters. The molecule has 1 saturated heterocycles. The number of benzene rings is 2. The molecule has 12 heteroatoms. The minimum absolute atomic E-state index is 0.446. The summed E-state index contributed by atoms with van der Waals surface area (Å²) in [5, 5.41) is 12.4. The van der Waals surface area contributed by atoms with Crippen molar-refractivity contribution in [3.8, 4) is 16.9 Å². The Balaban J connectivity index is 1.34. The monoisotopic (exact) mass is 569 g/mol. The fraction of sp³-hybridized carbons (Fsp3) is 0.276. The minimum atomic E-state index is -0.459. The molecule has 3 aromatic heterocycles. The van der Waals surface area contributed by atoms with Crippen LogP contribution in [-0.2, 0) is 11.8 Å². The van der Waals surface area contributed by atoms with Crippen molar-refractivity contribution in [3.63, 3.8) is 0 Å². The maximum Gasteiger partial charge on any atom is 0.229 e. The van der Waals surface area contributed by atoms with Crippen molar-refractivity contribution >= 4 is 53.1 Å². The number of methoxy groups -OCH3 is 1. The molecule has 11 nitrogen and oxygen atoms in total. The van der Waals surface area contributed by atoms with Gasteiger partial charge in [-0.25, -0.2) is 4.98 Å². The summed E-state index contributed by atoms with van der Waals surface area (Å²) in [6.45, 7) is 7.41. The summed E-state index contributed by atoms with van der Waals surface area (Å²) in [6.07, 6.45) is 9.07. The first-order valence-corrected chi connectivity index (χ1v) is 15.6. The maximum absolute atomic E-state index is 5.83. The van der Waals surface area contributed by atoms with Gasteiger partial charge in [0.05, 0.1) is 43.2 Å². The summed E-state index contributed by atoms with van der Waals surface area (Å²) in [6, 6.07) is 10.0. The van der Waals surface area contributed by atoms with Crippen molar-refractivity contribution in [2.75, 3.05) is 62.3 Å². The van der Waals surface area contributed by atoms with Crippen LogP contribution in [0.15, 0.2) is 61.3 Å². The van der Waals surface area contributed by atoms with E-state index in [4.69, 9.17) is 14.5 Å². The lowest BCUT2D eigenvalue weighted by Crippen LogP contribution is -2.36. The first-order chi connectivity index (χ1) is 20.0. The van der Waals surface area contributed by atoms with Crippen LogP contribution < -0.4 is 25.6 Å². The van der Waals surface area contributed by atoms with Crippen molar-refractivity contribution in [2.24, 2.45) is 7.05 Å². The maximum atomic E-state index is 5.83. The van der Waals surface area contributed by atoms with E-state index in [9.17, 15) is 0 Å². The fourth-order valence-corrected chi connectivity index (χ4v) is 6.22. The molecule has 0 amide bonds. The van der Waals surface area contributed by atoms with Gasteiger partial charge in [0, 0.05) is 78.8 Å². The van der Waals surface area contributed by atoms with Crippen molar-refractivity contribution < 1.29 is 9.47 Å². The molecule has 5 aromatic rings.